The molecule has 0 aliphatic carbocycles. The summed E-state index contributed by atoms with van der Waals surface area (Å²) >= 11 is 0. The van der Waals surface area contributed by atoms with Crippen molar-refractivity contribution >= 4 is 0 Å². The summed E-state index contributed by atoms with van der Waals surface area (Å²) < 4.78 is 12.4. The molecule has 5 heteroatoms. The summed E-state index contributed by atoms with van der Waals surface area (Å²) in [6.45, 7) is 4.04. The zero-order chi connectivity index (χ0) is 15.4. The molecular formula is C16H22N2O3. The molecule has 0 amide bonds. The Morgan fingerprint density at radius 1 is 1.14 bits per heavy atom. The molecular weight excluding hydrogens is 268 g/mol. The summed E-state index contributed by atoms with van der Waals surface area (Å²) in [5.41, 5.74) is 1.64. The van der Waals surface area contributed by atoms with E-state index in [4.69, 9.17) is 9.47 Å². The quantitative estimate of drug-likeness (QED) is 0.888. The molecule has 5 nitrogen and oxygen atoms in total. The lowest BCUT2D eigenvalue weighted by molar-refractivity contribution is 0.159. The number of methoxy groups -OCH3 is 2. The van der Waals surface area contributed by atoms with Crippen LogP contribution in [0.5, 0.6) is 11.5 Å². The molecule has 1 atom stereocenters. The Labute approximate surface area is 125 Å². The first kappa shape index (κ1) is 15.4. The predicted octanol–water partition coefficient (Wildman–Crippen LogP) is 2.76. The fourth-order valence-electron chi connectivity index (χ4n) is 2.42. The van der Waals surface area contributed by atoms with Crippen LogP contribution in [0.4, 0.5) is 0 Å². The van der Waals surface area contributed by atoms with Gasteiger partial charge in [-0.2, -0.15) is 5.10 Å². The fraction of sp³-hybridized carbons (Fsp3) is 0.438. The second-order valence-corrected chi connectivity index (χ2v) is 5.17. The Morgan fingerprint density at radius 2 is 1.81 bits per heavy atom. The van der Waals surface area contributed by atoms with Crippen LogP contribution in [0.3, 0.4) is 0 Å². The van der Waals surface area contributed by atoms with Crippen molar-refractivity contribution in [2.75, 3.05) is 14.2 Å². The number of hydrogen-bond acceptors (Lipinski definition) is 4. The van der Waals surface area contributed by atoms with E-state index in [1.165, 1.54) is 0 Å². The number of ether oxygens (including phenoxy) is 2. The topological polar surface area (TPSA) is 56.5 Å². The van der Waals surface area contributed by atoms with Gasteiger partial charge < -0.3 is 14.6 Å². The Bertz CT molecular complexity index is 593. The summed E-state index contributed by atoms with van der Waals surface area (Å²) in [6.07, 6.45) is 1.38. The average molecular weight is 290 g/mol. The van der Waals surface area contributed by atoms with Crippen LogP contribution in [-0.4, -0.2) is 29.1 Å². The third-order valence-corrected chi connectivity index (χ3v) is 3.43. The number of nitrogens with zero attached hydrogens (tertiary/aromatic N) is 2. The van der Waals surface area contributed by atoms with Gasteiger partial charge in [0.15, 0.2) is 5.75 Å². The smallest absolute Gasteiger partial charge is 0.162 e. The highest BCUT2D eigenvalue weighted by molar-refractivity contribution is 5.36. The summed E-state index contributed by atoms with van der Waals surface area (Å²) in [6, 6.07) is 7.83. The molecule has 1 aromatic heterocycles. The van der Waals surface area contributed by atoms with Gasteiger partial charge in [0.05, 0.1) is 20.4 Å². The summed E-state index contributed by atoms with van der Waals surface area (Å²) in [4.78, 5) is 0. The SMILES string of the molecule is COc1ccccc1CC(O)c1c(OC)cnn1C(C)C. The van der Waals surface area contributed by atoms with E-state index in [2.05, 4.69) is 5.10 Å². The molecule has 114 valence electrons. The minimum atomic E-state index is -0.707. The first-order chi connectivity index (χ1) is 10.1. The second kappa shape index (κ2) is 6.63. The highest BCUT2D eigenvalue weighted by atomic mass is 16.5. The molecule has 1 unspecified atom stereocenters. The fourth-order valence-corrected chi connectivity index (χ4v) is 2.42. The summed E-state index contributed by atoms with van der Waals surface area (Å²) in [5.74, 6) is 1.37. The monoisotopic (exact) mass is 290 g/mol. The molecule has 0 radical (unpaired) electrons. The van der Waals surface area contributed by atoms with E-state index < -0.39 is 6.10 Å². The van der Waals surface area contributed by atoms with Crippen LogP contribution in [-0.2, 0) is 6.42 Å². The zero-order valence-corrected chi connectivity index (χ0v) is 12.9. The zero-order valence-electron chi connectivity index (χ0n) is 12.9. The second-order valence-electron chi connectivity index (χ2n) is 5.17. The normalized spacial score (nSPS) is 12.5. The van der Waals surface area contributed by atoms with Crippen LogP contribution in [0, 0.1) is 0 Å². The number of hydrogen-bond donors (Lipinski definition) is 1. The van der Waals surface area contributed by atoms with Crippen molar-refractivity contribution in [3.63, 3.8) is 0 Å². The van der Waals surface area contributed by atoms with E-state index in [-0.39, 0.29) is 6.04 Å². The van der Waals surface area contributed by atoms with Gasteiger partial charge in [-0.3, -0.25) is 4.68 Å². The van der Waals surface area contributed by atoms with Crippen molar-refractivity contribution in [1.29, 1.82) is 0 Å². The van der Waals surface area contributed by atoms with Crippen LogP contribution < -0.4 is 9.47 Å². The standard InChI is InChI=1S/C16H22N2O3/c1-11(2)18-16(15(21-4)10-17-18)13(19)9-12-7-5-6-8-14(12)20-3/h5-8,10-11,13,19H,9H2,1-4H3. The molecule has 0 fully saturated rings. The number of benzene rings is 1. The van der Waals surface area contributed by atoms with E-state index in [0.717, 1.165) is 11.3 Å². The molecule has 21 heavy (non-hydrogen) atoms. The van der Waals surface area contributed by atoms with Crippen molar-refractivity contribution < 1.29 is 14.6 Å². The molecule has 1 N–H and O–H groups in total. The van der Waals surface area contributed by atoms with Crippen molar-refractivity contribution in [1.82, 2.24) is 9.78 Å². The highest BCUT2D eigenvalue weighted by Gasteiger charge is 2.22. The highest BCUT2D eigenvalue weighted by Crippen LogP contribution is 2.31. The number of para-hydroxylation sites is 1. The largest absolute Gasteiger partial charge is 0.496 e. The van der Waals surface area contributed by atoms with Crippen LogP contribution in [0.2, 0.25) is 0 Å². The molecule has 2 aromatic rings. The minimum absolute atomic E-state index is 0.149. The van der Waals surface area contributed by atoms with E-state index in [9.17, 15) is 5.11 Å². The Balaban J connectivity index is 2.32. The third-order valence-electron chi connectivity index (χ3n) is 3.43. The van der Waals surface area contributed by atoms with Crippen LogP contribution in [0.25, 0.3) is 0 Å². The van der Waals surface area contributed by atoms with Crippen molar-refractivity contribution in [3.05, 3.63) is 41.7 Å². The Morgan fingerprint density at radius 3 is 2.43 bits per heavy atom. The first-order valence-electron chi connectivity index (χ1n) is 6.99. The molecule has 1 heterocycles. The van der Waals surface area contributed by atoms with Gasteiger partial charge in [0.1, 0.15) is 17.5 Å². The summed E-state index contributed by atoms with van der Waals surface area (Å²) in [5, 5.41) is 14.9. The van der Waals surface area contributed by atoms with Gasteiger partial charge in [0.25, 0.3) is 0 Å². The number of aliphatic hydroxyl groups is 1. The lowest BCUT2D eigenvalue weighted by Crippen LogP contribution is -2.14. The van der Waals surface area contributed by atoms with Crippen molar-refractivity contribution in [2.24, 2.45) is 0 Å². The molecule has 1 aromatic carbocycles. The third kappa shape index (κ3) is 3.19. The van der Waals surface area contributed by atoms with Crippen molar-refractivity contribution in [3.8, 4) is 11.5 Å². The minimum Gasteiger partial charge on any atom is -0.496 e. The number of rotatable bonds is 6. The molecule has 2 rings (SSSR count). The Hall–Kier alpha value is -2.01. The maximum atomic E-state index is 10.6. The van der Waals surface area contributed by atoms with Crippen LogP contribution in [0.1, 0.15) is 37.3 Å². The summed E-state index contributed by atoms with van der Waals surface area (Å²) in [7, 11) is 3.21. The van der Waals surface area contributed by atoms with Gasteiger partial charge in [-0.15, -0.1) is 0 Å². The Kier molecular flexibility index (Phi) is 4.85. The van der Waals surface area contributed by atoms with Gasteiger partial charge >= 0.3 is 0 Å². The molecule has 0 saturated carbocycles. The predicted molar refractivity (Wildman–Crippen MR) is 80.8 cm³/mol. The van der Waals surface area contributed by atoms with E-state index >= 15 is 0 Å². The molecule has 0 aliphatic rings. The molecule has 0 spiro atoms. The van der Waals surface area contributed by atoms with Gasteiger partial charge in [0, 0.05) is 12.5 Å². The lowest BCUT2D eigenvalue weighted by Gasteiger charge is -2.18. The van der Waals surface area contributed by atoms with Gasteiger partial charge in [-0.05, 0) is 25.5 Å². The average Bonchev–Trinajstić information content (AvgIpc) is 2.92. The van der Waals surface area contributed by atoms with Gasteiger partial charge in [-0.25, -0.2) is 0 Å². The van der Waals surface area contributed by atoms with Gasteiger partial charge in [-0.1, -0.05) is 18.2 Å². The van der Waals surface area contributed by atoms with Crippen LogP contribution >= 0.6 is 0 Å². The molecule has 0 bridgehead atoms. The first-order valence-corrected chi connectivity index (χ1v) is 6.99. The molecule has 0 aliphatic heterocycles. The molecule has 0 saturated heterocycles. The van der Waals surface area contributed by atoms with Crippen molar-refractivity contribution in [2.45, 2.75) is 32.4 Å². The lowest BCUT2D eigenvalue weighted by atomic mass is 10.0. The van der Waals surface area contributed by atoms with E-state index in [1.54, 1.807) is 25.1 Å². The van der Waals surface area contributed by atoms with Crippen LogP contribution in [0.15, 0.2) is 30.5 Å². The van der Waals surface area contributed by atoms with E-state index in [1.807, 2.05) is 38.1 Å². The number of aliphatic hydroxyl groups excluding tert-OH is 1. The maximum Gasteiger partial charge on any atom is 0.162 e. The maximum absolute atomic E-state index is 10.6. The van der Waals surface area contributed by atoms with E-state index in [0.29, 0.717) is 17.9 Å². The van der Waals surface area contributed by atoms with Gasteiger partial charge in [0.2, 0.25) is 0 Å². The number of aromatic nitrogens is 2.